The van der Waals surface area contributed by atoms with Gasteiger partial charge < -0.3 is 4.74 Å². The summed E-state index contributed by atoms with van der Waals surface area (Å²) in [6, 6.07) is 1.77. The fourth-order valence-electron chi connectivity index (χ4n) is 2.34. The van der Waals surface area contributed by atoms with Crippen LogP contribution in [0, 0.1) is 5.92 Å². The van der Waals surface area contributed by atoms with E-state index in [1.807, 2.05) is 0 Å². The highest BCUT2D eigenvalue weighted by Crippen LogP contribution is 2.29. The summed E-state index contributed by atoms with van der Waals surface area (Å²) in [7, 11) is 0. The van der Waals surface area contributed by atoms with E-state index in [-0.39, 0.29) is 5.28 Å². The smallest absolute Gasteiger partial charge is 0.225 e. The van der Waals surface area contributed by atoms with Crippen LogP contribution in [0.1, 0.15) is 39.0 Å². The summed E-state index contributed by atoms with van der Waals surface area (Å²) in [5.74, 6) is 1.26. The van der Waals surface area contributed by atoms with Gasteiger partial charge in [0.2, 0.25) is 11.2 Å². The molecule has 1 aromatic heterocycles. The molecule has 88 valence electrons. The Morgan fingerprint density at radius 1 is 1.44 bits per heavy atom. The second kappa shape index (κ2) is 5.48. The van der Waals surface area contributed by atoms with Crippen molar-refractivity contribution in [1.29, 1.82) is 0 Å². The number of aromatic nitrogens is 2. The summed E-state index contributed by atoms with van der Waals surface area (Å²) in [6.45, 7) is 2.22. The number of hydrogen-bond donors (Lipinski definition) is 0. The standard InChI is InChI=1S/C12H17ClN2O/c1-2-9-5-3-4-6-10(9)16-11-7-8-14-12(13)15-11/h7-10H,2-6H2,1H3. The van der Waals surface area contributed by atoms with E-state index in [0.717, 1.165) is 6.42 Å². The van der Waals surface area contributed by atoms with Crippen molar-refractivity contribution < 1.29 is 4.74 Å². The SMILES string of the molecule is CCC1CCCCC1Oc1ccnc(Cl)n1. The molecule has 0 amide bonds. The van der Waals surface area contributed by atoms with E-state index in [0.29, 0.717) is 17.9 Å². The highest BCUT2D eigenvalue weighted by atomic mass is 35.5. The lowest BCUT2D eigenvalue weighted by Gasteiger charge is -2.30. The molecule has 4 heteroatoms. The molecule has 1 heterocycles. The second-order valence-electron chi connectivity index (χ2n) is 4.27. The molecule has 2 unspecified atom stereocenters. The van der Waals surface area contributed by atoms with E-state index in [2.05, 4.69) is 16.9 Å². The van der Waals surface area contributed by atoms with Crippen molar-refractivity contribution in [1.82, 2.24) is 9.97 Å². The molecule has 2 atom stereocenters. The Bertz CT molecular complexity index is 346. The Morgan fingerprint density at radius 2 is 2.25 bits per heavy atom. The maximum Gasteiger partial charge on any atom is 0.225 e. The highest BCUT2D eigenvalue weighted by Gasteiger charge is 2.25. The molecule has 0 bridgehead atoms. The summed E-state index contributed by atoms with van der Waals surface area (Å²) >= 11 is 5.73. The van der Waals surface area contributed by atoms with Crippen LogP contribution < -0.4 is 4.74 Å². The van der Waals surface area contributed by atoms with Gasteiger partial charge in [-0.25, -0.2) is 4.98 Å². The first kappa shape index (κ1) is 11.6. The molecular weight excluding hydrogens is 224 g/mol. The fraction of sp³-hybridized carbons (Fsp3) is 0.667. The minimum absolute atomic E-state index is 0.251. The van der Waals surface area contributed by atoms with Crippen LogP contribution in [0.5, 0.6) is 5.88 Å². The summed E-state index contributed by atoms with van der Waals surface area (Å²) in [6.07, 6.45) is 8.06. The summed E-state index contributed by atoms with van der Waals surface area (Å²) in [5, 5.41) is 0.251. The maximum absolute atomic E-state index is 5.90. The minimum Gasteiger partial charge on any atom is -0.474 e. The summed E-state index contributed by atoms with van der Waals surface area (Å²) in [4.78, 5) is 7.91. The average Bonchev–Trinajstić information content (AvgIpc) is 2.30. The molecule has 0 spiro atoms. The number of hydrogen-bond acceptors (Lipinski definition) is 3. The van der Waals surface area contributed by atoms with Crippen molar-refractivity contribution in [2.75, 3.05) is 0 Å². The first-order valence-electron chi connectivity index (χ1n) is 5.95. The predicted octanol–water partition coefficient (Wildman–Crippen LogP) is 3.48. The second-order valence-corrected chi connectivity index (χ2v) is 4.61. The average molecular weight is 241 g/mol. The molecule has 0 aromatic carbocycles. The van der Waals surface area contributed by atoms with E-state index < -0.39 is 0 Å². The molecule has 1 fully saturated rings. The molecule has 0 saturated heterocycles. The van der Waals surface area contributed by atoms with E-state index in [4.69, 9.17) is 16.3 Å². The van der Waals surface area contributed by atoms with Crippen LogP contribution in [-0.2, 0) is 0 Å². The van der Waals surface area contributed by atoms with Gasteiger partial charge >= 0.3 is 0 Å². The monoisotopic (exact) mass is 240 g/mol. The lowest BCUT2D eigenvalue weighted by atomic mass is 9.85. The Labute approximate surface area is 101 Å². The lowest BCUT2D eigenvalue weighted by Crippen LogP contribution is -2.30. The van der Waals surface area contributed by atoms with E-state index in [1.54, 1.807) is 12.3 Å². The van der Waals surface area contributed by atoms with Crippen LogP contribution in [0.2, 0.25) is 5.28 Å². The third-order valence-corrected chi connectivity index (χ3v) is 3.42. The summed E-state index contributed by atoms with van der Waals surface area (Å²) < 4.78 is 5.90. The Balaban J connectivity index is 2.02. The number of ether oxygens (including phenoxy) is 1. The Kier molecular flexibility index (Phi) is 3.99. The zero-order valence-electron chi connectivity index (χ0n) is 9.53. The minimum atomic E-state index is 0.251. The van der Waals surface area contributed by atoms with Crippen molar-refractivity contribution in [3.05, 3.63) is 17.5 Å². The molecule has 0 radical (unpaired) electrons. The third-order valence-electron chi connectivity index (χ3n) is 3.24. The van der Waals surface area contributed by atoms with Crippen molar-refractivity contribution in [3.8, 4) is 5.88 Å². The molecule has 16 heavy (non-hydrogen) atoms. The fourth-order valence-corrected chi connectivity index (χ4v) is 2.48. The third kappa shape index (κ3) is 2.85. The van der Waals surface area contributed by atoms with Gasteiger partial charge in [0, 0.05) is 12.3 Å². The van der Waals surface area contributed by atoms with Crippen molar-refractivity contribution in [2.24, 2.45) is 5.92 Å². The number of halogens is 1. The van der Waals surface area contributed by atoms with Gasteiger partial charge in [0.05, 0.1) is 0 Å². The quantitative estimate of drug-likeness (QED) is 0.759. The first-order chi connectivity index (χ1) is 7.79. The number of rotatable bonds is 3. The van der Waals surface area contributed by atoms with Crippen LogP contribution in [0.4, 0.5) is 0 Å². The zero-order valence-corrected chi connectivity index (χ0v) is 10.3. The highest BCUT2D eigenvalue weighted by molar-refractivity contribution is 6.28. The largest absolute Gasteiger partial charge is 0.474 e. The molecule has 3 nitrogen and oxygen atoms in total. The Morgan fingerprint density at radius 3 is 3.00 bits per heavy atom. The van der Waals surface area contributed by atoms with Gasteiger partial charge in [0.1, 0.15) is 6.10 Å². The van der Waals surface area contributed by atoms with Crippen LogP contribution in [0.15, 0.2) is 12.3 Å². The molecule has 0 aliphatic heterocycles. The molecular formula is C12H17ClN2O. The van der Waals surface area contributed by atoms with Gasteiger partial charge in [0.15, 0.2) is 0 Å². The molecule has 2 rings (SSSR count). The number of nitrogens with zero attached hydrogens (tertiary/aromatic N) is 2. The molecule has 1 saturated carbocycles. The van der Waals surface area contributed by atoms with Gasteiger partial charge in [-0.2, -0.15) is 4.98 Å². The predicted molar refractivity (Wildman–Crippen MR) is 63.7 cm³/mol. The van der Waals surface area contributed by atoms with Crippen molar-refractivity contribution in [2.45, 2.75) is 45.1 Å². The van der Waals surface area contributed by atoms with Gasteiger partial charge in [0.25, 0.3) is 0 Å². The van der Waals surface area contributed by atoms with Crippen LogP contribution in [-0.4, -0.2) is 16.1 Å². The first-order valence-corrected chi connectivity index (χ1v) is 6.32. The van der Waals surface area contributed by atoms with Crippen LogP contribution in [0.3, 0.4) is 0 Å². The van der Waals surface area contributed by atoms with Gasteiger partial charge in [-0.1, -0.05) is 13.3 Å². The van der Waals surface area contributed by atoms with E-state index >= 15 is 0 Å². The van der Waals surface area contributed by atoms with Crippen LogP contribution >= 0.6 is 11.6 Å². The zero-order chi connectivity index (χ0) is 11.4. The Hall–Kier alpha value is -0.830. The lowest BCUT2D eigenvalue weighted by molar-refractivity contribution is 0.0857. The van der Waals surface area contributed by atoms with Crippen molar-refractivity contribution in [3.63, 3.8) is 0 Å². The normalized spacial score (nSPS) is 25.4. The van der Waals surface area contributed by atoms with Gasteiger partial charge in [-0.3, -0.25) is 0 Å². The van der Waals surface area contributed by atoms with Crippen LogP contribution in [0.25, 0.3) is 0 Å². The maximum atomic E-state index is 5.90. The van der Waals surface area contributed by atoms with Gasteiger partial charge in [-0.05, 0) is 43.2 Å². The molecule has 0 N–H and O–H groups in total. The van der Waals surface area contributed by atoms with Gasteiger partial charge in [-0.15, -0.1) is 0 Å². The van der Waals surface area contributed by atoms with E-state index in [1.165, 1.54) is 25.7 Å². The topological polar surface area (TPSA) is 35.0 Å². The molecule has 1 aromatic rings. The van der Waals surface area contributed by atoms with Crippen molar-refractivity contribution >= 4 is 11.6 Å². The molecule has 1 aliphatic carbocycles. The van der Waals surface area contributed by atoms with E-state index in [9.17, 15) is 0 Å². The molecule has 1 aliphatic rings. The summed E-state index contributed by atoms with van der Waals surface area (Å²) in [5.41, 5.74) is 0.